The van der Waals surface area contributed by atoms with Crippen molar-refractivity contribution in [3.63, 3.8) is 0 Å². The number of likely N-dealkylation sites (N-methyl/N-ethyl adjacent to an activating group) is 1. The van der Waals surface area contributed by atoms with Gasteiger partial charge in [0.25, 0.3) is 5.91 Å². The highest BCUT2D eigenvalue weighted by molar-refractivity contribution is 7.90. The van der Waals surface area contributed by atoms with Crippen LogP contribution in [-0.2, 0) is 14.6 Å². The second-order valence-electron chi connectivity index (χ2n) is 4.19. The maximum absolute atomic E-state index is 11.9. The average Bonchev–Trinajstić information content (AvgIpc) is 2.35. The number of nitrogens with one attached hydrogen (secondary N) is 1. The van der Waals surface area contributed by atoms with E-state index in [1.807, 2.05) is 0 Å². The molecule has 2 rings (SSSR count). The maximum atomic E-state index is 11.9. The largest absolute Gasteiger partial charge is 0.332 e. The summed E-state index contributed by atoms with van der Waals surface area (Å²) in [5.41, 5.74) is 0.521. The van der Waals surface area contributed by atoms with Crippen LogP contribution in [0.15, 0.2) is 23.1 Å². The minimum atomic E-state index is -3.37. The molecular formula is C11H12N2O4S. The number of anilines is 1. The summed E-state index contributed by atoms with van der Waals surface area (Å²) in [7, 11) is -1.86. The molecule has 0 saturated carbocycles. The molecule has 1 N–H and O–H groups in total. The molecule has 18 heavy (non-hydrogen) atoms. The molecule has 7 heteroatoms. The van der Waals surface area contributed by atoms with Crippen molar-refractivity contribution in [1.82, 2.24) is 4.90 Å². The van der Waals surface area contributed by atoms with Crippen LogP contribution >= 0.6 is 0 Å². The number of carbonyl (C=O) groups excluding carboxylic acids is 2. The van der Waals surface area contributed by atoms with Crippen molar-refractivity contribution in [1.29, 1.82) is 0 Å². The topological polar surface area (TPSA) is 83.6 Å². The lowest BCUT2D eigenvalue weighted by Crippen LogP contribution is -2.31. The van der Waals surface area contributed by atoms with Gasteiger partial charge in [0.2, 0.25) is 5.91 Å². The van der Waals surface area contributed by atoms with Crippen molar-refractivity contribution >= 4 is 27.3 Å². The summed E-state index contributed by atoms with van der Waals surface area (Å²) >= 11 is 0. The summed E-state index contributed by atoms with van der Waals surface area (Å²) in [6, 6.07) is 4.08. The van der Waals surface area contributed by atoms with Crippen molar-refractivity contribution in [2.24, 2.45) is 0 Å². The van der Waals surface area contributed by atoms with Crippen LogP contribution in [0.4, 0.5) is 5.69 Å². The monoisotopic (exact) mass is 268 g/mol. The van der Waals surface area contributed by atoms with E-state index in [1.165, 1.54) is 30.1 Å². The fourth-order valence-corrected chi connectivity index (χ4v) is 2.37. The summed E-state index contributed by atoms with van der Waals surface area (Å²) < 4.78 is 22.8. The Labute approximate surface area is 105 Å². The second-order valence-corrected chi connectivity index (χ2v) is 6.20. The number of rotatable bonds is 1. The molecular weight excluding hydrogens is 256 g/mol. The Morgan fingerprint density at radius 2 is 1.94 bits per heavy atom. The molecule has 0 radical (unpaired) electrons. The van der Waals surface area contributed by atoms with Gasteiger partial charge in [-0.25, -0.2) is 8.42 Å². The quantitative estimate of drug-likeness (QED) is 0.783. The molecule has 0 fully saturated rings. The van der Waals surface area contributed by atoms with Crippen LogP contribution < -0.4 is 5.32 Å². The zero-order chi connectivity index (χ0) is 13.5. The number of hydrogen-bond donors (Lipinski definition) is 1. The van der Waals surface area contributed by atoms with Crippen LogP contribution in [-0.4, -0.2) is 45.0 Å². The molecule has 1 aromatic rings. The highest BCUT2D eigenvalue weighted by atomic mass is 32.2. The minimum absolute atomic E-state index is 0.0538. The van der Waals surface area contributed by atoms with Gasteiger partial charge in [0, 0.05) is 13.3 Å². The number of carbonyl (C=O) groups is 2. The Kier molecular flexibility index (Phi) is 2.86. The Hall–Kier alpha value is -1.89. The third-order valence-electron chi connectivity index (χ3n) is 2.65. The molecule has 96 valence electrons. The maximum Gasteiger partial charge on any atom is 0.256 e. The van der Waals surface area contributed by atoms with E-state index < -0.39 is 9.84 Å². The highest BCUT2D eigenvalue weighted by Gasteiger charge is 2.24. The molecule has 1 heterocycles. The van der Waals surface area contributed by atoms with Crippen molar-refractivity contribution in [2.75, 3.05) is 25.2 Å². The minimum Gasteiger partial charge on any atom is -0.332 e. The van der Waals surface area contributed by atoms with Gasteiger partial charge < -0.3 is 10.2 Å². The first kappa shape index (κ1) is 12.6. The molecule has 0 spiro atoms. The van der Waals surface area contributed by atoms with Gasteiger partial charge >= 0.3 is 0 Å². The van der Waals surface area contributed by atoms with Crippen LogP contribution in [0.1, 0.15) is 10.4 Å². The van der Waals surface area contributed by atoms with E-state index >= 15 is 0 Å². The van der Waals surface area contributed by atoms with E-state index in [1.54, 1.807) is 0 Å². The van der Waals surface area contributed by atoms with Crippen LogP contribution in [0.2, 0.25) is 0 Å². The molecule has 1 aromatic carbocycles. The molecule has 0 saturated heterocycles. The van der Waals surface area contributed by atoms with E-state index in [0.717, 1.165) is 6.26 Å². The Morgan fingerprint density at radius 1 is 1.28 bits per heavy atom. The molecule has 0 aromatic heterocycles. The van der Waals surface area contributed by atoms with E-state index in [0.29, 0.717) is 0 Å². The number of nitrogens with zero attached hydrogens (tertiary/aromatic N) is 1. The fourth-order valence-electron chi connectivity index (χ4n) is 1.73. The number of benzene rings is 1. The number of amides is 2. The van der Waals surface area contributed by atoms with Gasteiger partial charge in [-0.15, -0.1) is 0 Å². The normalized spacial score (nSPS) is 16.0. The van der Waals surface area contributed by atoms with Gasteiger partial charge in [-0.2, -0.15) is 0 Å². The first-order valence-corrected chi connectivity index (χ1v) is 7.07. The second kappa shape index (κ2) is 4.09. The number of hydrogen-bond acceptors (Lipinski definition) is 4. The highest BCUT2D eigenvalue weighted by Crippen LogP contribution is 2.24. The van der Waals surface area contributed by atoms with Crippen molar-refractivity contribution in [2.45, 2.75) is 4.90 Å². The third-order valence-corrected chi connectivity index (χ3v) is 3.76. The van der Waals surface area contributed by atoms with Gasteiger partial charge in [-0.1, -0.05) is 0 Å². The summed E-state index contributed by atoms with van der Waals surface area (Å²) in [6.45, 7) is -0.0538. The van der Waals surface area contributed by atoms with Crippen LogP contribution in [0.5, 0.6) is 0 Å². The number of fused-ring (bicyclic) bond motifs is 1. The third kappa shape index (κ3) is 2.21. The van der Waals surface area contributed by atoms with Crippen LogP contribution in [0.25, 0.3) is 0 Å². The molecule has 0 aliphatic carbocycles. The predicted molar refractivity (Wildman–Crippen MR) is 65.1 cm³/mol. The van der Waals surface area contributed by atoms with Crippen LogP contribution in [0.3, 0.4) is 0 Å². The molecule has 0 unspecified atom stereocenters. The SMILES string of the molecule is CN1CC(=O)Nc2cc(S(C)(=O)=O)ccc2C1=O. The van der Waals surface area contributed by atoms with Gasteiger partial charge in [-0.3, -0.25) is 9.59 Å². The Bertz CT molecular complexity index is 636. The van der Waals surface area contributed by atoms with Gasteiger partial charge in [-0.05, 0) is 18.2 Å². The zero-order valence-corrected chi connectivity index (χ0v) is 10.7. The van der Waals surface area contributed by atoms with Gasteiger partial charge in [0.15, 0.2) is 9.84 Å². The van der Waals surface area contributed by atoms with Crippen molar-refractivity contribution in [3.05, 3.63) is 23.8 Å². The molecule has 2 amide bonds. The lowest BCUT2D eigenvalue weighted by Gasteiger charge is -2.12. The standard InChI is InChI=1S/C11H12N2O4S/c1-13-6-10(14)12-9-5-7(18(2,16)17)3-4-8(9)11(13)15/h3-5H,6H2,1-2H3,(H,12,14). The Morgan fingerprint density at radius 3 is 2.56 bits per heavy atom. The number of sulfone groups is 1. The summed E-state index contributed by atoms with van der Waals surface area (Å²) in [5.74, 6) is -0.668. The van der Waals surface area contributed by atoms with Gasteiger partial charge in [0.1, 0.15) is 0 Å². The lowest BCUT2D eigenvalue weighted by atomic mass is 10.1. The smallest absolute Gasteiger partial charge is 0.256 e. The van der Waals surface area contributed by atoms with E-state index in [-0.39, 0.29) is 34.5 Å². The van der Waals surface area contributed by atoms with Gasteiger partial charge in [0.05, 0.1) is 22.7 Å². The zero-order valence-electron chi connectivity index (χ0n) is 9.93. The summed E-state index contributed by atoms with van der Waals surface area (Å²) in [5, 5.41) is 2.53. The van der Waals surface area contributed by atoms with Crippen molar-refractivity contribution < 1.29 is 18.0 Å². The molecule has 1 aliphatic rings. The first-order valence-electron chi connectivity index (χ1n) is 5.18. The van der Waals surface area contributed by atoms with E-state index in [4.69, 9.17) is 0 Å². The summed E-state index contributed by atoms with van der Waals surface area (Å²) in [4.78, 5) is 24.8. The molecule has 0 atom stereocenters. The first-order chi connectivity index (χ1) is 8.29. The van der Waals surface area contributed by atoms with Crippen molar-refractivity contribution in [3.8, 4) is 0 Å². The average molecular weight is 268 g/mol. The predicted octanol–water partition coefficient (Wildman–Crippen LogP) is 0.114. The molecule has 0 bridgehead atoms. The molecule has 6 nitrogen and oxygen atoms in total. The van der Waals surface area contributed by atoms with E-state index in [2.05, 4.69) is 5.32 Å². The van der Waals surface area contributed by atoms with Crippen LogP contribution in [0, 0.1) is 0 Å². The summed E-state index contributed by atoms with van der Waals surface area (Å²) in [6.07, 6.45) is 1.07. The lowest BCUT2D eigenvalue weighted by molar-refractivity contribution is -0.116. The van der Waals surface area contributed by atoms with E-state index in [9.17, 15) is 18.0 Å². The molecule has 1 aliphatic heterocycles. The fraction of sp³-hybridized carbons (Fsp3) is 0.273. The Balaban J connectivity index is 2.60.